The van der Waals surface area contributed by atoms with E-state index in [0.717, 1.165) is 31.9 Å². The molecule has 110 valence electrons. The molecule has 0 bridgehead atoms. The summed E-state index contributed by atoms with van der Waals surface area (Å²) in [5.41, 5.74) is 8.22. The molecule has 0 saturated carbocycles. The van der Waals surface area contributed by atoms with Crippen LogP contribution in [-0.4, -0.2) is 50.2 Å². The summed E-state index contributed by atoms with van der Waals surface area (Å²) in [6.45, 7) is 8.44. The fourth-order valence-corrected chi connectivity index (χ4v) is 2.77. The standard InChI is InChI=1S/C15H23N3O2/c1-4-17-7-8-18(10-11(17)2)14-6-5-12(9-13(14)16)15(19)20-3/h5-6,9,11H,4,7-8,10,16H2,1-3H3. The Morgan fingerprint density at radius 2 is 2.20 bits per heavy atom. The molecule has 1 aromatic carbocycles. The first-order chi connectivity index (χ1) is 9.56. The number of carbonyl (C=O) groups is 1. The minimum atomic E-state index is -0.354. The number of hydrogen-bond acceptors (Lipinski definition) is 5. The molecule has 0 amide bonds. The zero-order chi connectivity index (χ0) is 14.7. The van der Waals surface area contributed by atoms with Gasteiger partial charge >= 0.3 is 5.97 Å². The Morgan fingerprint density at radius 1 is 1.45 bits per heavy atom. The van der Waals surface area contributed by atoms with Gasteiger partial charge in [0.1, 0.15) is 0 Å². The second-order valence-electron chi connectivity index (χ2n) is 5.19. The van der Waals surface area contributed by atoms with Crippen LogP contribution >= 0.6 is 0 Å². The number of carbonyl (C=O) groups excluding carboxylic acids is 1. The lowest BCUT2D eigenvalue weighted by Crippen LogP contribution is -2.51. The highest BCUT2D eigenvalue weighted by Gasteiger charge is 2.23. The number of methoxy groups -OCH3 is 1. The van der Waals surface area contributed by atoms with Gasteiger partial charge in [0.25, 0.3) is 0 Å². The summed E-state index contributed by atoms with van der Waals surface area (Å²) in [5, 5.41) is 0. The van der Waals surface area contributed by atoms with Gasteiger partial charge in [-0.15, -0.1) is 0 Å². The van der Waals surface area contributed by atoms with Gasteiger partial charge < -0.3 is 15.4 Å². The minimum absolute atomic E-state index is 0.354. The van der Waals surface area contributed by atoms with Crippen molar-refractivity contribution in [3.05, 3.63) is 23.8 Å². The van der Waals surface area contributed by atoms with Crippen molar-refractivity contribution in [3.63, 3.8) is 0 Å². The van der Waals surface area contributed by atoms with E-state index >= 15 is 0 Å². The third-order valence-electron chi connectivity index (χ3n) is 3.96. The van der Waals surface area contributed by atoms with Crippen LogP contribution in [0.2, 0.25) is 0 Å². The van der Waals surface area contributed by atoms with Crippen LogP contribution in [0.25, 0.3) is 0 Å². The number of piperazine rings is 1. The Labute approximate surface area is 120 Å². The first-order valence-electron chi connectivity index (χ1n) is 7.03. The predicted molar refractivity (Wildman–Crippen MR) is 81.1 cm³/mol. The van der Waals surface area contributed by atoms with Gasteiger partial charge in [-0.05, 0) is 31.7 Å². The smallest absolute Gasteiger partial charge is 0.337 e. The van der Waals surface area contributed by atoms with E-state index in [2.05, 4.69) is 23.6 Å². The third kappa shape index (κ3) is 2.88. The zero-order valence-corrected chi connectivity index (χ0v) is 12.4. The highest BCUT2D eigenvalue weighted by molar-refractivity contribution is 5.92. The summed E-state index contributed by atoms with van der Waals surface area (Å²) < 4.78 is 4.71. The maximum atomic E-state index is 11.5. The van der Waals surface area contributed by atoms with Crippen LogP contribution in [0.5, 0.6) is 0 Å². The number of anilines is 2. The maximum Gasteiger partial charge on any atom is 0.337 e. The normalized spacial score (nSPS) is 19.9. The van der Waals surface area contributed by atoms with Crippen LogP contribution in [-0.2, 0) is 4.74 Å². The fourth-order valence-electron chi connectivity index (χ4n) is 2.77. The van der Waals surface area contributed by atoms with E-state index in [1.165, 1.54) is 7.11 Å². The highest BCUT2D eigenvalue weighted by atomic mass is 16.5. The van der Waals surface area contributed by atoms with Crippen molar-refractivity contribution in [1.82, 2.24) is 4.90 Å². The van der Waals surface area contributed by atoms with Crippen LogP contribution in [0.15, 0.2) is 18.2 Å². The molecule has 2 rings (SSSR count). The van der Waals surface area contributed by atoms with E-state index in [0.29, 0.717) is 17.3 Å². The Morgan fingerprint density at radius 3 is 2.75 bits per heavy atom. The van der Waals surface area contributed by atoms with Crippen LogP contribution in [0.1, 0.15) is 24.2 Å². The second kappa shape index (κ2) is 6.13. The molecule has 0 radical (unpaired) electrons. The van der Waals surface area contributed by atoms with Gasteiger partial charge in [0, 0.05) is 25.7 Å². The average molecular weight is 277 g/mol. The summed E-state index contributed by atoms with van der Waals surface area (Å²) in [6, 6.07) is 5.89. The first kappa shape index (κ1) is 14.7. The lowest BCUT2D eigenvalue weighted by atomic mass is 10.1. The van der Waals surface area contributed by atoms with E-state index < -0.39 is 0 Å². The highest BCUT2D eigenvalue weighted by Crippen LogP contribution is 2.27. The summed E-state index contributed by atoms with van der Waals surface area (Å²) in [4.78, 5) is 16.2. The van der Waals surface area contributed by atoms with E-state index in [4.69, 9.17) is 10.5 Å². The Hall–Kier alpha value is -1.75. The van der Waals surface area contributed by atoms with E-state index in [1.807, 2.05) is 6.07 Å². The van der Waals surface area contributed by atoms with Gasteiger partial charge in [-0.1, -0.05) is 6.92 Å². The van der Waals surface area contributed by atoms with E-state index in [1.54, 1.807) is 12.1 Å². The summed E-state index contributed by atoms with van der Waals surface area (Å²) in [6.07, 6.45) is 0. The molecule has 1 aliphatic rings. The van der Waals surface area contributed by atoms with Crippen LogP contribution in [0.4, 0.5) is 11.4 Å². The molecule has 1 aromatic rings. The number of nitrogens with zero attached hydrogens (tertiary/aromatic N) is 2. The zero-order valence-electron chi connectivity index (χ0n) is 12.4. The Bertz CT molecular complexity index is 490. The molecule has 1 unspecified atom stereocenters. The molecule has 0 aromatic heterocycles. The Balaban J connectivity index is 2.16. The van der Waals surface area contributed by atoms with Gasteiger partial charge in [0.2, 0.25) is 0 Å². The van der Waals surface area contributed by atoms with Crippen molar-refractivity contribution in [3.8, 4) is 0 Å². The minimum Gasteiger partial charge on any atom is -0.465 e. The number of hydrogen-bond donors (Lipinski definition) is 1. The molecule has 2 N–H and O–H groups in total. The van der Waals surface area contributed by atoms with Gasteiger partial charge in [-0.25, -0.2) is 4.79 Å². The molecular formula is C15H23N3O2. The monoisotopic (exact) mass is 277 g/mol. The number of rotatable bonds is 3. The van der Waals surface area contributed by atoms with Crippen molar-refractivity contribution in [1.29, 1.82) is 0 Å². The largest absolute Gasteiger partial charge is 0.465 e. The molecule has 0 aliphatic carbocycles. The maximum absolute atomic E-state index is 11.5. The van der Waals surface area contributed by atoms with Crippen LogP contribution in [0.3, 0.4) is 0 Å². The predicted octanol–water partition coefficient (Wildman–Crippen LogP) is 1.59. The summed E-state index contributed by atoms with van der Waals surface area (Å²) >= 11 is 0. The molecule has 20 heavy (non-hydrogen) atoms. The molecule has 1 heterocycles. The number of nitrogens with two attached hydrogens (primary N) is 1. The molecule has 1 aliphatic heterocycles. The van der Waals surface area contributed by atoms with Crippen LogP contribution < -0.4 is 10.6 Å². The molecule has 0 spiro atoms. The molecular weight excluding hydrogens is 254 g/mol. The molecule has 1 atom stereocenters. The van der Waals surface area contributed by atoms with Crippen molar-refractivity contribution < 1.29 is 9.53 Å². The topological polar surface area (TPSA) is 58.8 Å². The second-order valence-corrected chi connectivity index (χ2v) is 5.19. The number of esters is 1. The number of nitrogen functional groups attached to an aromatic ring is 1. The molecule has 1 fully saturated rings. The SMILES string of the molecule is CCN1CCN(c2ccc(C(=O)OC)cc2N)CC1C. The lowest BCUT2D eigenvalue weighted by Gasteiger charge is -2.40. The molecule has 5 heteroatoms. The third-order valence-corrected chi connectivity index (χ3v) is 3.96. The van der Waals surface area contributed by atoms with Crippen LogP contribution in [0, 0.1) is 0 Å². The van der Waals surface area contributed by atoms with Gasteiger partial charge in [-0.3, -0.25) is 4.90 Å². The Kier molecular flexibility index (Phi) is 4.49. The quantitative estimate of drug-likeness (QED) is 0.671. The van der Waals surface area contributed by atoms with Crippen molar-refractivity contribution in [2.75, 3.05) is 43.9 Å². The van der Waals surface area contributed by atoms with Crippen molar-refractivity contribution in [2.24, 2.45) is 0 Å². The summed E-state index contributed by atoms with van der Waals surface area (Å²) in [5.74, 6) is -0.354. The lowest BCUT2D eigenvalue weighted by molar-refractivity contribution is 0.0601. The van der Waals surface area contributed by atoms with Gasteiger partial charge in [-0.2, -0.15) is 0 Å². The van der Waals surface area contributed by atoms with E-state index in [-0.39, 0.29) is 5.97 Å². The van der Waals surface area contributed by atoms with Gasteiger partial charge in [0.05, 0.1) is 24.0 Å². The number of likely N-dealkylation sites (N-methyl/N-ethyl adjacent to an activating group) is 1. The first-order valence-corrected chi connectivity index (χ1v) is 7.03. The van der Waals surface area contributed by atoms with Crippen molar-refractivity contribution >= 4 is 17.3 Å². The number of benzene rings is 1. The van der Waals surface area contributed by atoms with Crippen molar-refractivity contribution in [2.45, 2.75) is 19.9 Å². The summed E-state index contributed by atoms with van der Waals surface area (Å²) in [7, 11) is 1.37. The van der Waals surface area contributed by atoms with Gasteiger partial charge in [0.15, 0.2) is 0 Å². The van der Waals surface area contributed by atoms with E-state index in [9.17, 15) is 4.79 Å². The number of ether oxygens (including phenoxy) is 1. The fraction of sp³-hybridized carbons (Fsp3) is 0.533. The average Bonchev–Trinajstić information content (AvgIpc) is 2.46. The molecule has 5 nitrogen and oxygen atoms in total. The molecule has 1 saturated heterocycles.